The fourth-order valence-corrected chi connectivity index (χ4v) is 7.47. The van der Waals surface area contributed by atoms with E-state index in [2.05, 4.69) is 20.3 Å². The lowest BCUT2D eigenvalue weighted by Gasteiger charge is -2.39. The maximum Gasteiger partial charge on any atom is 0.407 e. The summed E-state index contributed by atoms with van der Waals surface area (Å²) in [6, 6.07) is 6.21. The Labute approximate surface area is 279 Å². The number of rotatable bonds is 17. The number of nitrogens with one attached hydrogen (secondary N) is 2. The number of thioether (sulfide) groups is 1. The number of aromatic nitrogens is 3. The maximum atomic E-state index is 14.7. The Kier molecular flexibility index (Phi) is 14.5. The van der Waals surface area contributed by atoms with Gasteiger partial charge in [0.15, 0.2) is 0 Å². The van der Waals surface area contributed by atoms with Gasteiger partial charge in [0, 0.05) is 42.1 Å². The van der Waals surface area contributed by atoms with Gasteiger partial charge in [0.2, 0.25) is 5.91 Å². The minimum Gasteiger partial charge on any atom is -0.450 e. The van der Waals surface area contributed by atoms with Crippen LogP contribution in [-0.2, 0) is 27.2 Å². The topological polar surface area (TPSA) is 164 Å². The first kappa shape index (κ1) is 35.6. The lowest BCUT2D eigenvalue weighted by molar-refractivity contribution is -0.153. The fourth-order valence-electron chi connectivity index (χ4n) is 5.79. The number of thiazole rings is 1. The minimum absolute atomic E-state index is 0.124. The number of alkyl carbamates (subject to hydrolysis) is 1. The van der Waals surface area contributed by atoms with Crippen molar-refractivity contribution >= 4 is 41.0 Å². The molecule has 4 atom stereocenters. The van der Waals surface area contributed by atoms with E-state index in [1.165, 1.54) is 29.4 Å². The largest absolute Gasteiger partial charge is 0.450 e. The quantitative estimate of drug-likeness (QED) is 0.118. The van der Waals surface area contributed by atoms with Crippen LogP contribution in [0.2, 0.25) is 0 Å². The number of imidazole rings is 1. The summed E-state index contributed by atoms with van der Waals surface area (Å²) in [7, 11) is 0. The zero-order chi connectivity index (χ0) is 32.7. The number of unbranched alkanes of at least 4 members (excludes halogenated alkanes) is 1. The minimum atomic E-state index is -1.13. The molecule has 5 N–H and O–H groups in total. The van der Waals surface area contributed by atoms with E-state index in [4.69, 9.17) is 10.5 Å². The summed E-state index contributed by atoms with van der Waals surface area (Å²) < 4.78 is 6.15. The van der Waals surface area contributed by atoms with Crippen LogP contribution >= 0.6 is 23.1 Å². The van der Waals surface area contributed by atoms with E-state index in [0.29, 0.717) is 18.5 Å². The number of nitrogens with zero attached hydrogens (tertiary/aromatic N) is 3. The van der Waals surface area contributed by atoms with Gasteiger partial charge >= 0.3 is 6.09 Å². The molecule has 3 aromatic rings. The zero-order valence-electron chi connectivity index (χ0n) is 26.4. The molecule has 0 bridgehead atoms. The lowest BCUT2D eigenvalue weighted by atomic mass is 9.83. The smallest absolute Gasteiger partial charge is 0.407 e. The third kappa shape index (κ3) is 10.9. The average Bonchev–Trinajstić information content (AvgIpc) is 3.79. The molecule has 1 aromatic carbocycles. The lowest BCUT2D eigenvalue weighted by Crippen LogP contribution is -2.61. The number of imide groups is 1. The Morgan fingerprint density at radius 1 is 1.17 bits per heavy atom. The molecule has 13 heteroatoms. The number of carbonyl (C=O) groups is 3. The molecule has 46 heavy (non-hydrogen) atoms. The highest BCUT2D eigenvalue weighted by Gasteiger charge is 2.41. The van der Waals surface area contributed by atoms with Gasteiger partial charge in [0.05, 0.1) is 31.1 Å². The van der Waals surface area contributed by atoms with Crippen LogP contribution in [0.4, 0.5) is 4.79 Å². The van der Waals surface area contributed by atoms with E-state index in [9.17, 15) is 19.5 Å². The predicted octanol–water partition coefficient (Wildman–Crippen LogP) is 4.72. The summed E-state index contributed by atoms with van der Waals surface area (Å²) in [6.07, 6.45) is 10.4. The highest BCUT2D eigenvalue weighted by atomic mass is 32.2. The number of hydrogen-bond acceptors (Lipinski definition) is 10. The molecule has 11 nitrogen and oxygen atoms in total. The SMILES string of the molecule is CCCCOC(=O)N[C@@H](Cc1ccccc1)C(=O)N(C(=O)[C@@H](N)Cc1cnc[nH]1)C(CC1CCCCC1)C(O)CSc1nccs1. The van der Waals surface area contributed by atoms with Crippen molar-refractivity contribution in [2.24, 2.45) is 11.7 Å². The van der Waals surface area contributed by atoms with Crippen LogP contribution < -0.4 is 11.1 Å². The third-order valence-electron chi connectivity index (χ3n) is 8.25. The van der Waals surface area contributed by atoms with Gasteiger partial charge in [-0.3, -0.25) is 14.5 Å². The van der Waals surface area contributed by atoms with E-state index in [-0.39, 0.29) is 31.1 Å². The first-order chi connectivity index (χ1) is 22.4. The molecule has 0 spiro atoms. The molecule has 2 unspecified atom stereocenters. The molecule has 2 heterocycles. The molecule has 250 valence electrons. The number of aliphatic hydroxyl groups is 1. The maximum absolute atomic E-state index is 14.7. The fraction of sp³-hybridized carbons (Fsp3) is 0.545. The van der Waals surface area contributed by atoms with Gasteiger partial charge in [-0.1, -0.05) is 87.5 Å². The van der Waals surface area contributed by atoms with Crippen molar-refractivity contribution in [3.63, 3.8) is 0 Å². The number of benzene rings is 1. The van der Waals surface area contributed by atoms with Crippen LogP contribution in [0.3, 0.4) is 0 Å². The number of aliphatic hydroxyl groups excluding tert-OH is 1. The number of ether oxygens (including phenoxy) is 1. The van der Waals surface area contributed by atoms with Crippen molar-refractivity contribution in [3.05, 3.63) is 65.7 Å². The van der Waals surface area contributed by atoms with Gasteiger partial charge < -0.3 is 25.9 Å². The van der Waals surface area contributed by atoms with Crippen molar-refractivity contribution in [2.45, 2.75) is 99.7 Å². The second-order valence-corrected chi connectivity index (χ2v) is 14.0. The molecule has 0 radical (unpaired) electrons. The molecular weight excluding hydrogens is 625 g/mol. The first-order valence-electron chi connectivity index (χ1n) is 16.1. The monoisotopic (exact) mass is 670 g/mol. The number of amides is 3. The summed E-state index contributed by atoms with van der Waals surface area (Å²) in [6.45, 7) is 2.20. The second-order valence-electron chi connectivity index (χ2n) is 11.8. The molecule has 0 aliphatic heterocycles. The number of nitrogens with two attached hydrogens (primary N) is 1. The first-order valence-corrected chi connectivity index (χ1v) is 18.0. The normalized spacial score (nSPS) is 16.2. The molecule has 1 aliphatic carbocycles. The Balaban J connectivity index is 1.69. The zero-order valence-corrected chi connectivity index (χ0v) is 28.0. The Morgan fingerprint density at radius 2 is 1.96 bits per heavy atom. The van der Waals surface area contributed by atoms with Crippen LogP contribution in [0.1, 0.15) is 69.5 Å². The molecule has 3 amide bonds. The van der Waals surface area contributed by atoms with Crippen LogP contribution in [0.5, 0.6) is 0 Å². The second kappa shape index (κ2) is 18.8. The molecule has 1 fully saturated rings. The highest BCUT2D eigenvalue weighted by Crippen LogP contribution is 2.32. The molecule has 0 saturated heterocycles. The van der Waals surface area contributed by atoms with Crippen LogP contribution in [0.15, 0.2) is 58.8 Å². The molecule has 2 aromatic heterocycles. The molecular formula is C33H46N6O5S2. The number of aromatic amines is 1. The van der Waals surface area contributed by atoms with Gasteiger partial charge in [0.25, 0.3) is 5.91 Å². The van der Waals surface area contributed by atoms with Crippen LogP contribution in [0, 0.1) is 5.92 Å². The van der Waals surface area contributed by atoms with Gasteiger partial charge in [-0.05, 0) is 24.3 Å². The summed E-state index contributed by atoms with van der Waals surface area (Å²) in [5.74, 6) is -0.781. The average molecular weight is 671 g/mol. The van der Waals surface area contributed by atoms with E-state index in [1.807, 2.05) is 42.6 Å². The summed E-state index contributed by atoms with van der Waals surface area (Å²) in [5, 5.41) is 16.4. The highest BCUT2D eigenvalue weighted by molar-refractivity contribution is 8.01. The Morgan fingerprint density at radius 3 is 2.63 bits per heavy atom. The number of hydrogen-bond donors (Lipinski definition) is 4. The van der Waals surface area contributed by atoms with Crippen LogP contribution in [0.25, 0.3) is 0 Å². The van der Waals surface area contributed by atoms with Crippen molar-refractivity contribution < 1.29 is 24.2 Å². The molecule has 4 rings (SSSR count). The van der Waals surface area contributed by atoms with E-state index >= 15 is 0 Å². The van der Waals surface area contributed by atoms with Gasteiger partial charge in [0.1, 0.15) is 10.4 Å². The van der Waals surface area contributed by atoms with Crippen LogP contribution in [-0.4, -0.2) is 79.5 Å². The molecule has 1 saturated carbocycles. The van der Waals surface area contributed by atoms with Gasteiger partial charge in [-0.15, -0.1) is 11.3 Å². The molecule has 1 aliphatic rings. The van der Waals surface area contributed by atoms with Crippen molar-refractivity contribution in [3.8, 4) is 0 Å². The van der Waals surface area contributed by atoms with E-state index in [0.717, 1.165) is 53.3 Å². The standard InChI is InChI=1S/C33H46N6O5S2/c1-2-3-15-44-32(43)38-27(17-23-10-6-4-7-11-23)31(42)39(30(41)26(34)19-25-20-35-22-37-25)28(18-24-12-8-5-9-13-24)29(40)21-46-33-36-14-16-45-33/h4,6-7,10-11,14,16,20,22,24,26-29,40H,2-3,5,8-9,12-13,15,17-19,21,34H2,1H3,(H,35,37)(H,38,43)/t26-,27-,28?,29?/m0/s1. The number of carbonyl (C=O) groups excluding carboxylic acids is 3. The van der Waals surface area contributed by atoms with Gasteiger partial charge in [-0.25, -0.2) is 14.8 Å². The van der Waals surface area contributed by atoms with E-state index < -0.39 is 42.1 Å². The van der Waals surface area contributed by atoms with Gasteiger partial charge in [-0.2, -0.15) is 0 Å². The Bertz CT molecular complexity index is 1320. The Hall–Kier alpha value is -3.26. The summed E-state index contributed by atoms with van der Waals surface area (Å²) in [4.78, 5) is 54.5. The number of H-pyrrole nitrogens is 1. The van der Waals surface area contributed by atoms with Crippen molar-refractivity contribution in [2.75, 3.05) is 12.4 Å². The third-order valence-corrected chi connectivity index (χ3v) is 10.3. The predicted molar refractivity (Wildman–Crippen MR) is 179 cm³/mol. The van der Waals surface area contributed by atoms with Crippen molar-refractivity contribution in [1.82, 2.24) is 25.2 Å². The van der Waals surface area contributed by atoms with E-state index in [1.54, 1.807) is 12.4 Å². The summed E-state index contributed by atoms with van der Waals surface area (Å²) >= 11 is 2.85. The summed E-state index contributed by atoms with van der Waals surface area (Å²) in [5.41, 5.74) is 7.95. The van der Waals surface area contributed by atoms with Crippen molar-refractivity contribution in [1.29, 1.82) is 0 Å².